The van der Waals surface area contributed by atoms with Crippen LogP contribution < -0.4 is 0 Å². The number of rotatable bonds is 38. The topological polar surface area (TPSA) is 231 Å². The predicted octanol–water partition coefficient (Wildman–Crippen LogP) is 6.04. The van der Waals surface area contributed by atoms with Gasteiger partial charge in [0.25, 0.3) is 0 Å². The molecule has 0 aromatic carbocycles. The Balaban J connectivity index is 1.78. The first-order valence-electron chi connectivity index (χ1n) is 24.6. The molecule has 0 amide bonds. The Hall–Kier alpha value is -1.50. The van der Waals surface area contributed by atoms with E-state index >= 15 is 0 Å². The number of ether oxygens (including phenoxy) is 6. The summed E-state index contributed by atoms with van der Waals surface area (Å²) < 4.78 is 33.5. The van der Waals surface area contributed by atoms with E-state index in [1.165, 1.54) is 116 Å². The zero-order valence-electron chi connectivity index (χ0n) is 38.4. The largest absolute Gasteiger partial charge is 0.462 e. The van der Waals surface area contributed by atoms with Crippen LogP contribution in [0.5, 0.6) is 0 Å². The fourth-order valence-electron chi connectivity index (χ4n) is 7.98. The van der Waals surface area contributed by atoms with Crippen molar-refractivity contribution in [2.75, 3.05) is 26.4 Å². The number of carbonyl (C=O) groups excluding carboxylic acids is 2. The number of aliphatic hydroxyl groups is 7. The molecule has 0 aromatic rings. The zero-order valence-corrected chi connectivity index (χ0v) is 38.4. The Morgan fingerprint density at radius 1 is 0.452 bits per heavy atom. The fraction of sp³-hybridized carbons (Fsp3) is 0.957. The number of esters is 2. The maximum Gasteiger partial charge on any atom is 0.306 e. The minimum Gasteiger partial charge on any atom is -0.462 e. The Labute approximate surface area is 372 Å². The molecule has 4 unspecified atom stereocenters. The van der Waals surface area contributed by atoms with Gasteiger partial charge in [-0.3, -0.25) is 9.59 Å². The first-order valence-corrected chi connectivity index (χ1v) is 24.6. The molecule has 7 N–H and O–H groups in total. The molecule has 2 heterocycles. The Kier molecular flexibility index (Phi) is 32.6. The van der Waals surface area contributed by atoms with Crippen LogP contribution in [0.25, 0.3) is 0 Å². The third kappa shape index (κ3) is 24.1. The molecular weight excluding hydrogens is 805 g/mol. The summed E-state index contributed by atoms with van der Waals surface area (Å²) in [6.07, 6.45) is 14.4. The second kappa shape index (κ2) is 35.7. The number of hydrogen-bond acceptors (Lipinski definition) is 15. The second-order valence-electron chi connectivity index (χ2n) is 17.7. The van der Waals surface area contributed by atoms with E-state index in [9.17, 15) is 45.3 Å². The maximum atomic E-state index is 13.0. The summed E-state index contributed by atoms with van der Waals surface area (Å²) in [5, 5.41) is 71.9. The normalized spacial score (nSPS) is 27.0. The Morgan fingerprint density at radius 2 is 0.823 bits per heavy atom. The molecule has 11 atom stereocenters. The van der Waals surface area contributed by atoms with Crippen LogP contribution in [0.15, 0.2) is 0 Å². The van der Waals surface area contributed by atoms with Crippen LogP contribution in [-0.4, -0.2) is 142 Å². The molecule has 0 aromatic heterocycles. The van der Waals surface area contributed by atoms with Crippen LogP contribution in [0.2, 0.25) is 0 Å². The number of carbonyl (C=O) groups is 2. The standard InChI is InChI=1S/C47H88O15/c1-3-5-7-9-11-13-14-15-16-17-18-19-20-21-22-24-26-28-30-39(50)60-35(32-57-38(49)29-27-25-23-12-10-8-6-4-2)33-58-46-45(56)43(54)41(52)37(62-46)34-59-47-44(55)42(53)40(51)36(31-48)61-47/h35-37,40-48,51-56H,3-34H2,1-2H3/t35-,36+,37+,40-,41-,42?,43?,44?,45?,46+,47+/m1/s1. The molecule has 62 heavy (non-hydrogen) atoms. The average molecular weight is 893 g/mol. The first kappa shape index (κ1) is 56.6. The molecule has 2 rings (SSSR count). The van der Waals surface area contributed by atoms with Crippen molar-refractivity contribution in [1.29, 1.82) is 0 Å². The summed E-state index contributed by atoms with van der Waals surface area (Å²) in [5.74, 6) is -0.918. The van der Waals surface area contributed by atoms with Gasteiger partial charge in [-0.25, -0.2) is 0 Å². The lowest BCUT2D eigenvalue weighted by Gasteiger charge is -2.42. The van der Waals surface area contributed by atoms with Gasteiger partial charge >= 0.3 is 11.9 Å². The van der Waals surface area contributed by atoms with Gasteiger partial charge in [0, 0.05) is 12.8 Å². The van der Waals surface area contributed by atoms with Crippen molar-refractivity contribution in [3.63, 3.8) is 0 Å². The Bertz CT molecular complexity index is 1100. The van der Waals surface area contributed by atoms with Gasteiger partial charge in [0.15, 0.2) is 18.7 Å². The second-order valence-corrected chi connectivity index (χ2v) is 17.7. The smallest absolute Gasteiger partial charge is 0.306 e. The molecule has 0 radical (unpaired) electrons. The molecule has 2 aliphatic rings. The van der Waals surface area contributed by atoms with E-state index in [2.05, 4.69) is 13.8 Å². The van der Waals surface area contributed by atoms with Crippen LogP contribution >= 0.6 is 0 Å². The van der Waals surface area contributed by atoms with E-state index < -0.39 is 92.7 Å². The first-order chi connectivity index (χ1) is 30.0. The van der Waals surface area contributed by atoms with Gasteiger partial charge in [-0.05, 0) is 12.8 Å². The van der Waals surface area contributed by atoms with Crippen molar-refractivity contribution in [1.82, 2.24) is 0 Å². The summed E-state index contributed by atoms with van der Waals surface area (Å²) >= 11 is 0. The molecule has 0 saturated carbocycles. The van der Waals surface area contributed by atoms with Crippen molar-refractivity contribution in [3.05, 3.63) is 0 Å². The molecule has 15 nitrogen and oxygen atoms in total. The van der Waals surface area contributed by atoms with E-state index in [1.807, 2.05) is 0 Å². The van der Waals surface area contributed by atoms with Crippen LogP contribution in [0.1, 0.15) is 194 Å². The lowest BCUT2D eigenvalue weighted by molar-refractivity contribution is -0.332. The van der Waals surface area contributed by atoms with E-state index in [0.717, 1.165) is 38.5 Å². The quantitative estimate of drug-likeness (QED) is 0.0277. The van der Waals surface area contributed by atoms with Crippen molar-refractivity contribution in [2.24, 2.45) is 0 Å². The summed E-state index contributed by atoms with van der Waals surface area (Å²) in [4.78, 5) is 25.6. The fourth-order valence-corrected chi connectivity index (χ4v) is 7.98. The van der Waals surface area contributed by atoms with Gasteiger partial charge in [-0.15, -0.1) is 0 Å². The highest BCUT2D eigenvalue weighted by atomic mass is 16.7. The van der Waals surface area contributed by atoms with Crippen molar-refractivity contribution in [3.8, 4) is 0 Å². The minimum absolute atomic E-state index is 0.173. The van der Waals surface area contributed by atoms with Crippen LogP contribution in [-0.2, 0) is 38.0 Å². The summed E-state index contributed by atoms with van der Waals surface area (Å²) in [6, 6.07) is 0. The SMILES string of the molecule is CCCCCCCCCCCCCCCCCCCCC(=O)O[C@H](COC(=O)CCCCCCCCCC)CO[C@H]1O[C@@H](CO[C@H]2O[C@@H](CO)[C@@H](O)C(O)C2O)[C@@H](O)C(O)C1O. The molecule has 15 heteroatoms. The Morgan fingerprint density at radius 3 is 1.26 bits per heavy atom. The van der Waals surface area contributed by atoms with Crippen molar-refractivity contribution in [2.45, 2.75) is 261 Å². The van der Waals surface area contributed by atoms with E-state index in [4.69, 9.17) is 28.4 Å². The molecule has 2 saturated heterocycles. The molecule has 2 fully saturated rings. The molecule has 2 aliphatic heterocycles. The highest BCUT2D eigenvalue weighted by molar-refractivity contribution is 5.70. The van der Waals surface area contributed by atoms with Gasteiger partial charge in [-0.1, -0.05) is 168 Å². The molecule has 0 spiro atoms. The third-order valence-electron chi connectivity index (χ3n) is 12.1. The third-order valence-corrected chi connectivity index (χ3v) is 12.1. The van der Waals surface area contributed by atoms with Gasteiger partial charge in [0.05, 0.1) is 19.8 Å². The molecule has 0 bridgehead atoms. The highest BCUT2D eigenvalue weighted by Crippen LogP contribution is 2.26. The molecule has 366 valence electrons. The lowest BCUT2D eigenvalue weighted by Crippen LogP contribution is -2.61. The van der Waals surface area contributed by atoms with Gasteiger partial charge in [-0.2, -0.15) is 0 Å². The average Bonchev–Trinajstić information content (AvgIpc) is 3.26. The van der Waals surface area contributed by atoms with Gasteiger partial charge in [0.1, 0.15) is 55.4 Å². The van der Waals surface area contributed by atoms with E-state index in [0.29, 0.717) is 12.8 Å². The van der Waals surface area contributed by atoms with Crippen LogP contribution in [0.4, 0.5) is 0 Å². The van der Waals surface area contributed by atoms with E-state index in [-0.39, 0.29) is 26.1 Å². The number of hydrogen-bond donors (Lipinski definition) is 7. The molecular formula is C47H88O15. The maximum absolute atomic E-state index is 13.0. The van der Waals surface area contributed by atoms with Crippen molar-refractivity contribution >= 4 is 11.9 Å². The van der Waals surface area contributed by atoms with Gasteiger partial charge < -0.3 is 64.2 Å². The minimum atomic E-state index is -1.76. The number of aliphatic hydroxyl groups excluding tert-OH is 7. The zero-order chi connectivity index (χ0) is 45.4. The summed E-state index contributed by atoms with van der Waals surface area (Å²) in [6.45, 7) is 2.57. The van der Waals surface area contributed by atoms with Gasteiger partial charge in [0.2, 0.25) is 0 Å². The van der Waals surface area contributed by atoms with Crippen LogP contribution in [0, 0.1) is 0 Å². The lowest BCUT2D eigenvalue weighted by atomic mass is 9.98. The monoisotopic (exact) mass is 893 g/mol. The van der Waals surface area contributed by atoms with Crippen molar-refractivity contribution < 1.29 is 73.8 Å². The summed E-state index contributed by atoms with van der Waals surface area (Å²) in [5.41, 5.74) is 0. The summed E-state index contributed by atoms with van der Waals surface area (Å²) in [7, 11) is 0. The number of unbranched alkanes of at least 4 members (excludes halogenated alkanes) is 24. The molecule has 0 aliphatic carbocycles. The van der Waals surface area contributed by atoms with E-state index in [1.54, 1.807) is 0 Å². The predicted molar refractivity (Wildman–Crippen MR) is 234 cm³/mol. The highest BCUT2D eigenvalue weighted by Gasteiger charge is 2.47. The van der Waals surface area contributed by atoms with Crippen LogP contribution in [0.3, 0.4) is 0 Å².